The maximum Gasteiger partial charge on any atom is 0.0947 e. The van der Waals surface area contributed by atoms with Crippen LogP contribution in [0.3, 0.4) is 0 Å². The van der Waals surface area contributed by atoms with Crippen molar-refractivity contribution < 1.29 is 0 Å². The van der Waals surface area contributed by atoms with Crippen molar-refractivity contribution in [1.29, 1.82) is 0 Å². The molecule has 2 aromatic rings. The molecule has 0 saturated carbocycles. The summed E-state index contributed by atoms with van der Waals surface area (Å²) in [5.41, 5.74) is 2.46. The van der Waals surface area contributed by atoms with Gasteiger partial charge in [0.15, 0.2) is 0 Å². The molecule has 1 N–H and O–H groups in total. The number of aryl methyl sites for hydroxylation is 1. The molecule has 1 atom stereocenters. The summed E-state index contributed by atoms with van der Waals surface area (Å²) >= 11 is 4.11. The van der Waals surface area contributed by atoms with Crippen LogP contribution in [0.2, 0.25) is 0 Å². The zero-order valence-electron chi connectivity index (χ0n) is 10.6. The SMILES string of the molecule is CCNC(Cc1nc(C)cs1)c1cccc(I)c1. The van der Waals surface area contributed by atoms with Crippen LogP contribution in [0.25, 0.3) is 0 Å². The number of hydrogen-bond donors (Lipinski definition) is 1. The van der Waals surface area contributed by atoms with Gasteiger partial charge in [-0.15, -0.1) is 11.3 Å². The van der Waals surface area contributed by atoms with Crippen LogP contribution in [-0.4, -0.2) is 11.5 Å². The van der Waals surface area contributed by atoms with Crippen LogP contribution in [0.4, 0.5) is 0 Å². The summed E-state index contributed by atoms with van der Waals surface area (Å²) < 4.78 is 1.28. The van der Waals surface area contributed by atoms with Gasteiger partial charge in [0.25, 0.3) is 0 Å². The van der Waals surface area contributed by atoms with E-state index >= 15 is 0 Å². The van der Waals surface area contributed by atoms with Gasteiger partial charge in [-0.25, -0.2) is 4.98 Å². The molecule has 4 heteroatoms. The summed E-state index contributed by atoms with van der Waals surface area (Å²) in [6.45, 7) is 5.17. The molecule has 2 nitrogen and oxygen atoms in total. The molecule has 0 fully saturated rings. The average molecular weight is 372 g/mol. The highest BCUT2D eigenvalue weighted by Gasteiger charge is 2.13. The van der Waals surface area contributed by atoms with Crippen molar-refractivity contribution in [1.82, 2.24) is 10.3 Å². The molecule has 0 saturated heterocycles. The van der Waals surface area contributed by atoms with Gasteiger partial charge in [0.2, 0.25) is 0 Å². The van der Waals surface area contributed by atoms with Gasteiger partial charge in [-0.2, -0.15) is 0 Å². The Morgan fingerprint density at radius 2 is 2.28 bits per heavy atom. The highest BCUT2D eigenvalue weighted by Crippen LogP contribution is 2.22. The monoisotopic (exact) mass is 372 g/mol. The van der Waals surface area contributed by atoms with Crippen LogP contribution in [0.1, 0.15) is 29.2 Å². The number of likely N-dealkylation sites (N-methyl/N-ethyl adjacent to an activating group) is 1. The normalized spacial score (nSPS) is 12.6. The lowest BCUT2D eigenvalue weighted by Gasteiger charge is -2.17. The molecule has 0 radical (unpaired) electrons. The van der Waals surface area contributed by atoms with Crippen LogP contribution in [0, 0.1) is 10.5 Å². The van der Waals surface area contributed by atoms with Gasteiger partial charge in [0.05, 0.1) is 5.01 Å². The van der Waals surface area contributed by atoms with Crippen molar-refractivity contribution in [3.05, 3.63) is 49.5 Å². The van der Waals surface area contributed by atoms with Gasteiger partial charge in [-0.3, -0.25) is 0 Å². The van der Waals surface area contributed by atoms with Crippen molar-refractivity contribution in [3.8, 4) is 0 Å². The molecular weight excluding hydrogens is 355 g/mol. The van der Waals surface area contributed by atoms with E-state index in [4.69, 9.17) is 0 Å². The summed E-state index contributed by atoms with van der Waals surface area (Å²) in [6, 6.07) is 9.04. The Balaban J connectivity index is 2.17. The van der Waals surface area contributed by atoms with E-state index in [-0.39, 0.29) is 0 Å². The van der Waals surface area contributed by atoms with Gasteiger partial charge >= 0.3 is 0 Å². The van der Waals surface area contributed by atoms with Gasteiger partial charge in [-0.1, -0.05) is 19.1 Å². The number of hydrogen-bond acceptors (Lipinski definition) is 3. The Bertz CT molecular complexity index is 510. The Kier molecular flexibility index (Phi) is 5.14. The average Bonchev–Trinajstić information content (AvgIpc) is 2.74. The lowest BCUT2D eigenvalue weighted by atomic mass is 10.0. The third kappa shape index (κ3) is 3.76. The second-order valence-electron chi connectivity index (χ2n) is 4.25. The maximum atomic E-state index is 4.56. The number of benzene rings is 1. The van der Waals surface area contributed by atoms with Crippen molar-refractivity contribution in [2.24, 2.45) is 0 Å². The Morgan fingerprint density at radius 1 is 1.44 bits per heavy atom. The van der Waals surface area contributed by atoms with Crippen molar-refractivity contribution in [2.45, 2.75) is 26.3 Å². The summed E-state index contributed by atoms with van der Waals surface area (Å²) in [7, 11) is 0. The molecule has 0 aliphatic rings. The molecule has 0 spiro atoms. The third-order valence-corrected chi connectivity index (χ3v) is 4.41. The van der Waals surface area contributed by atoms with Crippen LogP contribution >= 0.6 is 33.9 Å². The first-order chi connectivity index (χ1) is 8.69. The number of halogens is 1. The summed E-state index contributed by atoms with van der Waals surface area (Å²) in [5, 5.41) is 6.87. The maximum absolute atomic E-state index is 4.56. The molecule has 0 bridgehead atoms. The topological polar surface area (TPSA) is 24.9 Å². The van der Waals surface area contributed by atoms with E-state index in [0.717, 1.165) is 18.7 Å². The van der Waals surface area contributed by atoms with E-state index in [2.05, 4.69) is 69.5 Å². The minimum absolute atomic E-state index is 0.357. The van der Waals surface area contributed by atoms with E-state index in [0.29, 0.717) is 6.04 Å². The smallest absolute Gasteiger partial charge is 0.0947 e. The van der Waals surface area contributed by atoms with Crippen molar-refractivity contribution in [3.63, 3.8) is 0 Å². The Labute approximate surface area is 126 Å². The first-order valence-electron chi connectivity index (χ1n) is 6.09. The fraction of sp³-hybridized carbons (Fsp3) is 0.357. The fourth-order valence-electron chi connectivity index (χ4n) is 1.95. The highest BCUT2D eigenvalue weighted by molar-refractivity contribution is 14.1. The lowest BCUT2D eigenvalue weighted by Crippen LogP contribution is -2.23. The predicted molar refractivity (Wildman–Crippen MR) is 86.1 cm³/mol. The first-order valence-corrected chi connectivity index (χ1v) is 8.04. The number of aromatic nitrogens is 1. The van der Waals surface area contributed by atoms with Crippen molar-refractivity contribution >= 4 is 33.9 Å². The molecule has 18 heavy (non-hydrogen) atoms. The van der Waals surface area contributed by atoms with Crippen LogP contribution in [0.15, 0.2) is 29.6 Å². The quantitative estimate of drug-likeness (QED) is 0.804. The fourth-order valence-corrected chi connectivity index (χ4v) is 3.33. The molecule has 0 aliphatic heterocycles. The number of nitrogens with one attached hydrogen (secondary N) is 1. The van der Waals surface area contributed by atoms with Crippen molar-refractivity contribution in [2.75, 3.05) is 6.54 Å². The molecule has 1 aromatic carbocycles. The summed E-state index contributed by atoms with van der Waals surface area (Å²) in [5.74, 6) is 0. The van der Waals surface area contributed by atoms with E-state index in [1.165, 1.54) is 14.1 Å². The second kappa shape index (κ2) is 6.63. The Morgan fingerprint density at radius 3 is 2.89 bits per heavy atom. The van der Waals surface area contributed by atoms with Crippen LogP contribution in [0.5, 0.6) is 0 Å². The largest absolute Gasteiger partial charge is 0.310 e. The lowest BCUT2D eigenvalue weighted by molar-refractivity contribution is 0.548. The number of nitrogens with zero attached hydrogens (tertiary/aromatic N) is 1. The van der Waals surface area contributed by atoms with Gasteiger partial charge in [0, 0.05) is 27.1 Å². The van der Waals surface area contributed by atoms with E-state index < -0.39 is 0 Å². The zero-order valence-corrected chi connectivity index (χ0v) is 13.6. The molecule has 0 aliphatic carbocycles. The highest BCUT2D eigenvalue weighted by atomic mass is 127. The minimum Gasteiger partial charge on any atom is -0.310 e. The predicted octanol–water partition coefficient (Wildman–Crippen LogP) is 3.95. The van der Waals surface area contributed by atoms with E-state index in [1.807, 2.05) is 6.92 Å². The third-order valence-electron chi connectivity index (χ3n) is 2.75. The van der Waals surface area contributed by atoms with E-state index in [1.54, 1.807) is 11.3 Å². The molecule has 0 amide bonds. The second-order valence-corrected chi connectivity index (χ2v) is 6.44. The standard InChI is InChI=1S/C14H17IN2S/c1-3-16-13(8-14-17-10(2)9-18-14)11-5-4-6-12(15)7-11/h4-7,9,13,16H,3,8H2,1-2H3. The molecule has 1 unspecified atom stereocenters. The summed E-state index contributed by atoms with van der Waals surface area (Å²) in [4.78, 5) is 4.56. The van der Waals surface area contributed by atoms with Gasteiger partial charge < -0.3 is 5.32 Å². The first kappa shape index (κ1) is 14.0. The number of rotatable bonds is 5. The minimum atomic E-state index is 0.357. The Hall–Kier alpha value is -0.460. The number of thiazole rings is 1. The van der Waals surface area contributed by atoms with Crippen LogP contribution < -0.4 is 5.32 Å². The van der Waals surface area contributed by atoms with E-state index in [9.17, 15) is 0 Å². The molecule has 1 heterocycles. The zero-order chi connectivity index (χ0) is 13.0. The molecule has 2 rings (SSSR count). The van der Waals surface area contributed by atoms with Gasteiger partial charge in [0.1, 0.15) is 0 Å². The van der Waals surface area contributed by atoms with Gasteiger partial charge in [-0.05, 0) is 53.8 Å². The molecular formula is C14H17IN2S. The molecule has 1 aromatic heterocycles. The summed E-state index contributed by atoms with van der Waals surface area (Å²) in [6.07, 6.45) is 0.965. The molecule has 96 valence electrons. The van der Waals surface area contributed by atoms with Crippen LogP contribution in [-0.2, 0) is 6.42 Å².